The predicted molar refractivity (Wildman–Crippen MR) is 86.9 cm³/mol. The zero-order valence-corrected chi connectivity index (χ0v) is 13.2. The van der Waals surface area contributed by atoms with E-state index < -0.39 is 0 Å². The smallest absolute Gasteiger partial charge is 0.141 e. The number of rotatable bonds is 3. The van der Waals surface area contributed by atoms with Crippen molar-refractivity contribution in [3.05, 3.63) is 36.9 Å². The zero-order valence-electron chi connectivity index (χ0n) is 13.2. The van der Waals surface area contributed by atoms with Crippen molar-refractivity contribution in [3.63, 3.8) is 0 Å². The molecule has 3 atom stereocenters. The Balaban J connectivity index is 1.37. The minimum absolute atomic E-state index is 0.477. The maximum Gasteiger partial charge on any atom is 0.141 e. The van der Waals surface area contributed by atoms with Crippen LogP contribution in [0.3, 0.4) is 0 Å². The SMILES string of the molecule is c1cncc(-c2nccn2[C@H]2C[C@H]3CO[C@H](C4CC4)CN3C2)c1. The molecule has 2 aromatic rings. The molecular weight excluding hydrogens is 288 g/mol. The van der Waals surface area contributed by atoms with Gasteiger partial charge in [0.2, 0.25) is 0 Å². The van der Waals surface area contributed by atoms with Crippen molar-refractivity contribution in [3.8, 4) is 11.4 Å². The van der Waals surface area contributed by atoms with Gasteiger partial charge in [0.15, 0.2) is 0 Å². The van der Waals surface area contributed by atoms with E-state index in [9.17, 15) is 0 Å². The van der Waals surface area contributed by atoms with Gasteiger partial charge in [-0.05, 0) is 37.3 Å². The number of fused-ring (bicyclic) bond motifs is 1. The lowest BCUT2D eigenvalue weighted by molar-refractivity contribution is -0.0581. The number of hydrogen-bond acceptors (Lipinski definition) is 4. The van der Waals surface area contributed by atoms with E-state index >= 15 is 0 Å². The highest BCUT2D eigenvalue weighted by atomic mass is 16.5. The average Bonchev–Trinajstić information content (AvgIpc) is 3.18. The Morgan fingerprint density at radius 3 is 2.91 bits per heavy atom. The van der Waals surface area contributed by atoms with Gasteiger partial charge in [-0.3, -0.25) is 9.88 Å². The molecule has 1 saturated carbocycles. The van der Waals surface area contributed by atoms with Crippen molar-refractivity contribution < 1.29 is 4.74 Å². The summed E-state index contributed by atoms with van der Waals surface area (Å²) in [5.41, 5.74) is 1.09. The molecule has 4 heterocycles. The molecule has 5 heteroatoms. The largest absolute Gasteiger partial charge is 0.375 e. The van der Waals surface area contributed by atoms with Crippen LogP contribution in [0.4, 0.5) is 0 Å². The van der Waals surface area contributed by atoms with Gasteiger partial charge < -0.3 is 9.30 Å². The number of morpholine rings is 1. The summed E-state index contributed by atoms with van der Waals surface area (Å²) in [6.07, 6.45) is 12.1. The number of ether oxygens (including phenoxy) is 1. The minimum Gasteiger partial charge on any atom is -0.375 e. The molecular formula is C18H22N4O. The number of pyridine rings is 1. The average molecular weight is 310 g/mol. The highest BCUT2D eigenvalue weighted by molar-refractivity contribution is 5.53. The molecule has 5 rings (SSSR count). The Morgan fingerprint density at radius 1 is 1.13 bits per heavy atom. The molecule has 1 aliphatic carbocycles. The lowest BCUT2D eigenvalue weighted by Crippen LogP contribution is -2.46. The van der Waals surface area contributed by atoms with Crippen molar-refractivity contribution >= 4 is 0 Å². The summed E-state index contributed by atoms with van der Waals surface area (Å²) < 4.78 is 8.45. The summed E-state index contributed by atoms with van der Waals surface area (Å²) in [4.78, 5) is 11.5. The first-order valence-corrected chi connectivity index (χ1v) is 8.67. The first-order chi connectivity index (χ1) is 11.4. The van der Waals surface area contributed by atoms with Gasteiger partial charge in [0.1, 0.15) is 5.82 Å². The van der Waals surface area contributed by atoms with Gasteiger partial charge in [0.05, 0.1) is 12.7 Å². The molecule has 0 radical (unpaired) electrons. The Labute approximate surface area is 136 Å². The Morgan fingerprint density at radius 2 is 2.09 bits per heavy atom. The van der Waals surface area contributed by atoms with Crippen LogP contribution in [0, 0.1) is 5.92 Å². The van der Waals surface area contributed by atoms with E-state index in [0.29, 0.717) is 18.2 Å². The molecule has 120 valence electrons. The Hall–Kier alpha value is -1.72. The second-order valence-electron chi connectivity index (χ2n) is 7.11. The van der Waals surface area contributed by atoms with Gasteiger partial charge in [-0.25, -0.2) is 4.98 Å². The first-order valence-electron chi connectivity index (χ1n) is 8.67. The van der Waals surface area contributed by atoms with Gasteiger partial charge >= 0.3 is 0 Å². The molecule has 3 fully saturated rings. The quantitative estimate of drug-likeness (QED) is 0.873. The van der Waals surface area contributed by atoms with E-state index in [1.807, 2.05) is 24.7 Å². The summed E-state index contributed by atoms with van der Waals surface area (Å²) in [6.45, 7) is 3.12. The van der Waals surface area contributed by atoms with Crippen LogP contribution in [0.25, 0.3) is 11.4 Å². The third-order valence-corrected chi connectivity index (χ3v) is 5.55. The second-order valence-corrected chi connectivity index (χ2v) is 7.11. The van der Waals surface area contributed by atoms with Gasteiger partial charge in [0, 0.05) is 55.5 Å². The lowest BCUT2D eigenvalue weighted by atomic mass is 10.1. The summed E-state index contributed by atoms with van der Waals surface area (Å²) >= 11 is 0. The topological polar surface area (TPSA) is 43.2 Å². The third-order valence-electron chi connectivity index (χ3n) is 5.55. The van der Waals surface area contributed by atoms with E-state index in [1.54, 1.807) is 0 Å². The minimum atomic E-state index is 0.477. The number of imidazole rings is 1. The third kappa shape index (κ3) is 2.48. The van der Waals surface area contributed by atoms with E-state index in [-0.39, 0.29) is 0 Å². The number of aromatic nitrogens is 3. The monoisotopic (exact) mass is 310 g/mol. The van der Waals surface area contributed by atoms with Crippen LogP contribution >= 0.6 is 0 Å². The lowest BCUT2D eigenvalue weighted by Gasteiger charge is -2.35. The molecule has 0 aromatic carbocycles. The molecule has 23 heavy (non-hydrogen) atoms. The molecule has 2 aliphatic heterocycles. The van der Waals surface area contributed by atoms with Crippen LogP contribution in [0.15, 0.2) is 36.9 Å². The molecule has 0 amide bonds. The molecule has 2 saturated heterocycles. The highest BCUT2D eigenvalue weighted by Gasteiger charge is 2.42. The Bertz CT molecular complexity index is 681. The Kier molecular flexibility index (Phi) is 3.23. The zero-order chi connectivity index (χ0) is 15.2. The summed E-state index contributed by atoms with van der Waals surface area (Å²) in [6, 6.07) is 5.11. The van der Waals surface area contributed by atoms with Gasteiger partial charge in [-0.15, -0.1) is 0 Å². The van der Waals surface area contributed by atoms with Gasteiger partial charge in [0.25, 0.3) is 0 Å². The maximum atomic E-state index is 6.12. The van der Waals surface area contributed by atoms with E-state index in [0.717, 1.165) is 43.4 Å². The van der Waals surface area contributed by atoms with Crippen molar-refractivity contribution in [1.82, 2.24) is 19.4 Å². The number of hydrogen-bond donors (Lipinski definition) is 0. The van der Waals surface area contributed by atoms with Crippen LogP contribution in [-0.2, 0) is 4.74 Å². The van der Waals surface area contributed by atoms with Crippen LogP contribution < -0.4 is 0 Å². The van der Waals surface area contributed by atoms with Gasteiger partial charge in [-0.1, -0.05) is 0 Å². The van der Waals surface area contributed by atoms with Crippen molar-refractivity contribution in [2.45, 2.75) is 37.5 Å². The molecule has 0 bridgehead atoms. The second kappa shape index (κ2) is 5.42. The number of nitrogens with zero attached hydrogens (tertiary/aromatic N) is 4. The van der Waals surface area contributed by atoms with Crippen LogP contribution in [0.1, 0.15) is 25.3 Å². The summed E-state index contributed by atoms with van der Waals surface area (Å²) in [5.74, 6) is 1.86. The maximum absolute atomic E-state index is 6.12. The summed E-state index contributed by atoms with van der Waals surface area (Å²) in [5, 5.41) is 0. The summed E-state index contributed by atoms with van der Waals surface area (Å²) in [7, 11) is 0. The van der Waals surface area contributed by atoms with Crippen molar-refractivity contribution in [2.24, 2.45) is 5.92 Å². The van der Waals surface area contributed by atoms with Crippen LogP contribution in [-0.4, -0.2) is 51.3 Å². The molecule has 0 spiro atoms. The molecule has 2 aromatic heterocycles. The fourth-order valence-corrected chi connectivity index (χ4v) is 4.15. The van der Waals surface area contributed by atoms with E-state index in [2.05, 4.69) is 31.7 Å². The molecule has 0 N–H and O–H groups in total. The van der Waals surface area contributed by atoms with Gasteiger partial charge in [-0.2, -0.15) is 0 Å². The van der Waals surface area contributed by atoms with Crippen LogP contribution in [0.2, 0.25) is 0 Å². The standard InChI is InChI=1S/C18H22N4O/c1-2-14(9-19-5-1)18-20-6-7-22(18)15-8-16-12-23-17(13-3-4-13)11-21(16)10-15/h1-2,5-7,9,13,15-17H,3-4,8,10-12H2/t15-,16-,17-/m0/s1. The normalized spacial score (nSPS) is 31.2. The predicted octanol–water partition coefficient (Wildman–Crippen LogP) is 2.37. The first kappa shape index (κ1) is 13.7. The van der Waals surface area contributed by atoms with Crippen LogP contribution in [0.5, 0.6) is 0 Å². The van der Waals surface area contributed by atoms with E-state index in [4.69, 9.17) is 4.74 Å². The van der Waals surface area contributed by atoms with E-state index in [1.165, 1.54) is 12.8 Å². The fraction of sp³-hybridized carbons (Fsp3) is 0.556. The fourth-order valence-electron chi connectivity index (χ4n) is 4.15. The molecule has 3 aliphatic rings. The van der Waals surface area contributed by atoms with Crippen molar-refractivity contribution in [2.75, 3.05) is 19.7 Å². The molecule has 0 unspecified atom stereocenters. The van der Waals surface area contributed by atoms with Crippen molar-refractivity contribution in [1.29, 1.82) is 0 Å². The molecule has 5 nitrogen and oxygen atoms in total. The highest BCUT2D eigenvalue weighted by Crippen LogP contribution is 2.40.